The Bertz CT molecular complexity index is 123. The molecule has 0 radical (unpaired) electrons. The molecule has 0 aliphatic heterocycles. The van der Waals surface area contributed by atoms with E-state index in [9.17, 15) is 4.79 Å². The van der Waals surface area contributed by atoms with Crippen LogP contribution in [0.4, 0.5) is 0 Å². The molecule has 2 N–H and O–H groups in total. The molecule has 0 bridgehead atoms. The molecule has 0 aromatic carbocycles. The summed E-state index contributed by atoms with van der Waals surface area (Å²) in [5.41, 5.74) is 5.33. The molecule has 0 heterocycles. The van der Waals surface area contributed by atoms with Crippen molar-refractivity contribution < 1.29 is 4.79 Å². The van der Waals surface area contributed by atoms with Crippen LogP contribution in [-0.4, -0.2) is 12.3 Å². The highest BCUT2D eigenvalue weighted by molar-refractivity contribution is 5.78. The van der Waals surface area contributed by atoms with Gasteiger partial charge in [-0.15, -0.1) is 0 Å². The number of Topliss-reactive ketones (excluding diaryl/α,β-unsaturated/α-hetero) is 1. The summed E-state index contributed by atoms with van der Waals surface area (Å²) in [4.78, 5) is 11.2. The molecule has 0 saturated carbocycles. The summed E-state index contributed by atoms with van der Waals surface area (Å²) in [6.07, 6.45) is 4.52. The van der Waals surface area contributed by atoms with Gasteiger partial charge in [-0.3, -0.25) is 4.79 Å². The van der Waals surface area contributed by atoms with Gasteiger partial charge in [0, 0.05) is 12.8 Å². The number of carbonyl (C=O) groups is 1. The fraction of sp³-hybridized carbons (Fsp3) is 0.900. The van der Waals surface area contributed by atoms with Gasteiger partial charge in [-0.2, -0.15) is 0 Å². The van der Waals surface area contributed by atoms with Crippen molar-refractivity contribution >= 4 is 5.78 Å². The van der Waals surface area contributed by atoms with Crippen LogP contribution in [0.25, 0.3) is 0 Å². The fourth-order valence-corrected chi connectivity index (χ4v) is 1.10. The predicted molar refractivity (Wildman–Crippen MR) is 52.0 cm³/mol. The largest absolute Gasteiger partial charge is 0.330 e. The van der Waals surface area contributed by atoms with E-state index in [1.165, 1.54) is 0 Å². The number of hydrogen-bond donors (Lipinski definition) is 1. The lowest BCUT2D eigenvalue weighted by Crippen LogP contribution is -2.06. The molecule has 0 aromatic heterocycles. The first-order valence-corrected chi connectivity index (χ1v) is 4.92. The summed E-state index contributed by atoms with van der Waals surface area (Å²) < 4.78 is 0. The van der Waals surface area contributed by atoms with Gasteiger partial charge in [-0.25, -0.2) is 0 Å². The topological polar surface area (TPSA) is 43.1 Å². The van der Waals surface area contributed by atoms with Gasteiger partial charge in [0.25, 0.3) is 0 Å². The maximum Gasteiger partial charge on any atom is 0.133 e. The van der Waals surface area contributed by atoms with Gasteiger partial charge in [-0.1, -0.05) is 20.3 Å². The smallest absolute Gasteiger partial charge is 0.133 e. The lowest BCUT2D eigenvalue weighted by Gasteiger charge is -2.06. The summed E-state index contributed by atoms with van der Waals surface area (Å²) >= 11 is 0. The van der Waals surface area contributed by atoms with Crippen LogP contribution in [0.5, 0.6) is 0 Å². The average molecular weight is 171 g/mol. The molecule has 0 saturated heterocycles. The first-order valence-electron chi connectivity index (χ1n) is 4.92. The Balaban J connectivity index is 3.33. The molecule has 0 amide bonds. The summed E-state index contributed by atoms with van der Waals surface area (Å²) in [6.45, 7) is 4.95. The number of nitrogens with two attached hydrogens (primary N) is 1. The van der Waals surface area contributed by atoms with Crippen LogP contribution in [-0.2, 0) is 4.79 Å². The minimum Gasteiger partial charge on any atom is -0.330 e. The lowest BCUT2D eigenvalue weighted by molar-refractivity contribution is -0.120. The average Bonchev–Trinajstić information content (AvgIpc) is 2.05. The minimum absolute atomic E-state index is 0.401. The highest BCUT2D eigenvalue weighted by Crippen LogP contribution is 2.09. The van der Waals surface area contributed by atoms with Crippen LogP contribution < -0.4 is 5.73 Å². The molecule has 0 aliphatic rings. The number of unbranched alkanes of at least 4 members (excludes halogenated alkanes) is 1. The molecule has 12 heavy (non-hydrogen) atoms. The Morgan fingerprint density at radius 1 is 1.42 bits per heavy atom. The minimum atomic E-state index is 0.401. The zero-order valence-corrected chi connectivity index (χ0v) is 8.31. The van der Waals surface area contributed by atoms with Crippen molar-refractivity contribution in [3.63, 3.8) is 0 Å². The molecule has 0 rings (SSSR count). The van der Waals surface area contributed by atoms with Crippen molar-refractivity contribution in [1.29, 1.82) is 0 Å². The fourth-order valence-electron chi connectivity index (χ4n) is 1.10. The molecule has 1 unspecified atom stereocenters. The zero-order valence-electron chi connectivity index (χ0n) is 8.31. The van der Waals surface area contributed by atoms with Crippen molar-refractivity contribution in [2.45, 2.75) is 46.0 Å². The van der Waals surface area contributed by atoms with E-state index in [4.69, 9.17) is 5.73 Å². The molecule has 0 aliphatic carbocycles. The molecule has 72 valence electrons. The van der Waals surface area contributed by atoms with Gasteiger partial charge >= 0.3 is 0 Å². The first-order chi connectivity index (χ1) is 5.70. The Labute approximate surface area is 75.5 Å². The van der Waals surface area contributed by atoms with Gasteiger partial charge in [0.15, 0.2) is 0 Å². The van der Waals surface area contributed by atoms with Crippen LogP contribution in [0.2, 0.25) is 0 Å². The highest BCUT2D eigenvalue weighted by atomic mass is 16.1. The van der Waals surface area contributed by atoms with E-state index in [1.54, 1.807) is 0 Å². The SMILES string of the molecule is CCC(C)CC(=O)CCCCN. The summed E-state index contributed by atoms with van der Waals surface area (Å²) in [6, 6.07) is 0. The van der Waals surface area contributed by atoms with Crippen molar-refractivity contribution in [3.8, 4) is 0 Å². The molecule has 1 atom stereocenters. The maximum absolute atomic E-state index is 11.2. The standard InChI is InChI=1S/C10H21NO/c1-3-9(2)8-10(12)6-4-5-7-11/h9H,3-8,11H2,1-2H3. The molecule has 0 fully saturated rings. The molecule has 0 aromatic rings. The third-order valence-corrected chi connectivity index (χ3v) is 2.18. The summed E-state index contributed by atoms with van der Waals surface area (Å²) in [5.74, 6) is 0.952. The molecule has 0 spiro atoms. The van der Waals surface area contributed by atoms with Crippen molar-refractivity contribution in [2.75, 3.05) is 6.54 Å². The van der Waals surface area contributed by atoms with E-state index in [-0.39, 0.29) is 0 Å². The Morgan fingerprint density at radius 3 is 2.58 bits per heavy atom. The second-order valence-corrected chi connectivity index (χ2v) is 3.50. The highest BCUT2D eigenvalue weighted by Gasteiger charge is 2.06. The van der Waals surface area contributed by atoms with E-state index in [2.05, 4.69) is 13.8 Å². The van der Waals surface area contributed by atoms with E-state index in [1.807, 2.05) is 0 Å². The van der Waals surface area contributed by atoms with Crippen LogP contribution >= 0.6 is 0 Å². The zero-order chi connectivity index (χ0) is 9.40. The van der Waals surface area contributed by atoms with Gasteiger partial charge in [0.2, 0.25) is 0 Å². The van der Waals surface area contributed by atoms with Gasteiger partial charge in [0.1, 0.15) is 5.78 Å². The van der Waals surface area contributed by atoms with Crippen LogP contribution in [0, 0.1) is 5.92 Å². The van der Waals surface area contributed by atoms with Gasteiger partial charge in [0.05, 0.1) is 0 Å². The predicted octanol–water partition coefficient (Wildman–Crippen LogP) is 2.12. The molecule has 2 heteroatoms. The second-order valence-electron chi connectivity index (χ2n) is 3.50. The Morgan fingerprint density at radius 2 is 2.08 bits per heavy atom. The Kier molecular flexibility index (Phi) is 7.06. The van der Waals surface area contributed by atoms with Gasteiger partial charge < -0.3 is 5.73 Å². The maximum atomic E-state index is 11.2. The van der Waals surface area contributed by atoms with E-state index in [0.717, 1.165) is 32.1 Å². The monoisotopic (exact) mass is 171 g/mol. The third-order valence-electron chi connectivity index (χ3n) is 2.18. The van der Waals surface area contributed by atoms with Crippen molar-refractivity contribution in [3.05, 3.63) is 0 Å². The second kappa shape index (κ2) is 7.29. The van der Waals surface area contributed by atoms with Crippen molar-refractivity contribution in [1.82, 2.24) is 0 Å². The molecule has 2 nitrogen and oxygen atoms in total. The summed E-state index contributed by atoms with van der Waals surface area (Å²) in [5, 5.41) is 0. The first kappa shape index (κ1) is 11.6. The number of carbonyl (C=O) groups excluding carboxylic acids is 1. The molecular formula is C10H21NO. The van der Waals surface area contributed by atoms with E-state index >= 15 is 0 Å². The number of ketones is 1. The van der Waals surface area contributed by atoms with E-state index < -0.39 is 0 Å². The van der Waals surface area contributed by atoms with Crippen LogP contribution in [0.15, 0.2) is 0 Å². The van der Waals surface area contributed by atoms with Crippen LogP contribution in [0.1, 0.15) is 46.0 Å². The van der Waals surface area contributed by atoms with E-state index in [0.29, 0.717) is 18.2 Å². The normalized spacial score (nSPS) is 12.9. The lowest BCUT2D eigenvalue weighted by atomic mass is 9.99. The number of rotatable bonds is 7. The molecular weight excluding hydrogens is 150 g/mol. The third kappa shape index (κ3) is 6.35. The number of hydrogen-bond acceptors (Lipinski definition) is 2. The van der Waals surface area contributed by atoms with Crippen molar-refractivity contribution in [2.24, 2.45) is 11.7 Å². The Hall–Kier alpha value is -0.370. The van der Waals surface area contributed by atoms with Crippen LogP contribution in [0.3, 0.4) is 0 Å². The summed E-state index contributed by atoms with van der Waals surface area (Å²) in [7, 11) is 0. The van der Waals surface area contributed by atoms with Gasteiger partial charge in [-0.05, 0) is 25.3 Å². The quantitative estimate of drug-likeness (QED) is 0.596.